The third-order valence-electron chi connectivity index (χ3n) is 7.03. The fraction of sp³-hybridized carbons (Fsp3) is 0.333. The van der Waals surface area contributed by atoms with Gasteiger partial charge in [-0.2, -0.15) is 0 Å². The van der Waals surface area contributed by atoms with Gasteiger partial charge in [-0.25, -0.2) is 4.98 Å². The fourth-order valence-corrected chi connectivity index (χ4v) is 4.85. The number of imidazole rings is 1. The lowest BCUT2D eigenvalue weighted by molar-refractivity contribution is 0.1000. The number of primary amides is 1. The van der Waals surface area contributed by atoms with Crippen LogP contribution in [-0.4, -0.2) is 34.0 Å². The van der Waals surface area contributed by atoms with E-state index in [1.54, 1.807) is 7.11 Å². The highest BCUT2D eigenvalue weighted by Crippen LogP contribution is 2.32. The van der Waals surface area contributed by atoms with Crippen LogP contribution >= 0.6 is 0 Å². The summed E-state index contributed by atoms with van der Waals surface area (Å²) in [5.41, 5.74) is 11.6. The highest BCUT2D eigenvalue weighted by molar-refractivity contribution is 5.92. The number of amides is 1. The van der Waals surface area contributed by atoms with Crippen LogP contribution in [0.25, 0.3) is 22.6 Å². The van der Waals surface area contributed by atoms with Crippen LogP contribution in [0.2, 0.25) is 0 Å². The molecule has 4 rings (SSSR count). The highest BCUT2D eigenvalue weighted by Gasteiger charge is 2.22. The summed E-state index contributed by atoms with van der Waals surface area (Å²) >= 11 is 0. The predicted molar refractivity (Wildman–Crippen MR) is 159 cm³/mol. The van der Waals surface area contributed by atoms with E-state index in [4.69, 9.17) is 15.5 Å². The number of hydrogen-bond acceptors (Lipinski definition) is 4. The normalized spacial score (nSPS) is 11.2. The third-order valence-corrected chi connectivity index (χ3v) is 7.03. The summed E-state index contributed by atoms with van der Waals surface area (Å²) in [4.78, 5) is 19.3. The molecule has 0 atom stereocenters. The van der Waals surface area contributed by atoms with Crippen LogP contribution in [0.5, 0.6) is 5.75 Å². The molecule has 1 amide bonds. The highest BCUT2D eigenvalue weighted by atomic mass is 16.5. The molecule has 0 aliphatic heterocycles. The molecule has 2 N–H and O–H groups in total. The van der Waals surface area contributed by atoms with Crippen LogP contribution in [0.4, 0.5) is 0 Å². The van der Waals surface area contributed by atoms with Gasteiger partial charge in [-0.15, -0.1) is 0 Å². The first-order chi connectivity index (χ1) is 19.0. The Morgan fingerprint density at radius 2 is 1.62 bits per heavy atom. The van der Waals surface area contributed by atoms with Crippen molar-refractivity contribution in [1.29, 1.82) is 0 Å². The number of nitrogens with zero attached hydrogens (tertiary/aromatic N) is 3. The largest absolute Gasteiger partial charge is 0.497 e. The average molecular weight is 525 g/mol. The SMILES string of the molecule is CCCCN(Cc1ccc(C(N)=O)cc1)Cc1c(-c2ccccc2)nc(-c2cccc(OC)c2)n1CCCC. The molecule has 0 saturated heterocycles. The molecule has 1 aromatic heterocycles. The second-order valence-electron chi connectivity index (χ2n) is 9.96. The van der Waals surface area contributed by atoms with E-state index in [0.29, 0.717) is 5.56 Å². The van der Waals surface area contributed by atoms with E-state index < -0.39 is 5.91 Å². The molecule has 4 aromatic rings. The summed E-state index contributed by atoms with van der Waals surface area (Å²) in [6.45, 7) is 7.86. The van der Waals surface area contributed by atoms with Crippen LogP contribution in [-0.2, 0) is 19.6 Å². The summed E-state index contributed by atoms with van der Waals surface area (Å²) in [5, 5.41) is 0. The summed E-state index contributed by atoms with van der Waals surface area (Å²) in [5.74, 6) is 1.39. The number of aromatic nitrogens is 2. The van der Waals surface area contributed by atoms with Crippen molar-refractivity contribution < 1.29 is 9.53 Å². The first-order valence-corrected chi connectivity index (χ1v) is 13.9. The van der Waals surface area contributed by atoms with Gasteiger partial charge in [0.25, 0.3) is 0 Å². The van der Waals surface area contributed by atoms with Crippen LogP contribution in [0.1, 0.15) is 61.1 Å². The molecule has 3 aromatic carbocycles. The van der Waals surface area contributed by atoms with E-state index >= 15 is 0 Å². The molecule has 1 heterocycles. The van der Waals surface area contributed by atoms with E-state index in [0.717, 1.165) is 85.8 Å². The number of benzene rings is 3. The molecule has 0 aliphatic rings. The van der Waals surface area contributed by atoms with Crippen LogP contribution < -0.4 is 10.5 Å². The monoisotopic (exact) mass is 524 g/mol. The Hall–Kier alpha value is -3.90. The number of unbranched alkanes of at least 4 members (excludes halogenated alkanes) is 2. The lowest BCUT2D eigenvalue weighted by Gasteiger charge is -2.24. The molecule has 0 fully saturated rings. The van der Waals surface area contributed by atoms with Gasteiger partial charge in [0.15, 0.2) is 0 Å². The Labute approximate surface area is 232 Å². The Balaban J connectivity index is 1.79. The van der Waals surface area contributed by atoms with E-state index in [1.165, 1.54) is 5.69 Å². The fourth-order valence-electron chi connectivity index (χ4n) is 4.85. The van der Waals surface area contributed by atoms with Gasteiger partial charge in [0, 0.05) is 36.3 Å². The quantitative estimate of drug-likeness (QED) is 0.194. The average Bonchev–Trinajstić information content (AvgIpc) is 3.33. The zero-order valence-corrected chi connectivity index (χ0v) is 23.4. The van der Waals surface area contributed by atoms with Gasteiger partial charge < -0.3 is 15.0 Å². The number of rotatable bonds is 14. The number of hydrogen-bond donors (Lipinski definition) is 1. The summed E-state index contributed by atoms with van der Waals surface area (Å²) in [6, 6.07) is 26.3. The standard InChI is InChI=1S/C33H40N4O2/c1-4-6-20-36(23-25-16-18-27(19-17-25)32(34)38)24-30-31(26-12-9-8-10-13-26)35-33(37(30)21-7-5-2)28-14-11-15-29(22-28)39-3/h8-19,22H,4-7,20-21,23-24H2,1-3H3,(H2,34,38). The number of carbonyl (C=O) groups excluding carboxylic acids is 1. The Morgan fingerprint density at radius 1 is 0.897 bits per heavy atom. The molecular weight excluding hydrogens is 484 g/mol. The van der Waals surface area contributed by atoms with E-state index in [9.17, 15) is 4.79 Å². The predicted octanol–water partition coefficient (Wildman–Crippen LogP) is 6.93. The van der Waals surface area contributed by atoms with Crippen molar-refractivity contribution >= 4 is 5.91 Å². The Kier molecular flexibility index (Phi) is 9.92. The van der Waals surface area contributed by atoms with Gasteiger partial charge in [-0.3, -0.25) is 9.69 Å². The number of nitrogens with two attached hydrogens (primary N) is 1. The number of ether oxygens (including phenoxy) is 1. The van der Waals surface area contributed by atoms with Gasteiger partial charge in [-0.1, -0.05) is 81.3 Å². The molecule has 0 spiro atoms. The second-order valence-corrected chi connectivity index (χ2v) is 9.96. The van der Waals surface area contributed by atoms with Gasteiger partial charge in [0.1, 0.15) is 11.6 Å². The van der Waals surface area contributed by atoms with Gasteiger partial charge >= 0.3 is 0 Å². The van der Waals surface area contributed by atoms with E-state index in [2.05, 4.69) is 59.7 Å². The van der Waals surface area contributed by atoms with E-state index in [1.807, 2.05) is 42.5 Å². The first-order valence-electron chi connectivity index (χ1n) is 13.9. The molecule has 0 bridgehead atoms. The number of carbonyl (C=O) groups is 1. The maximum atomic E-state index is 11.6. The second kappa shape index (κ2) is 13.8. The lowest BCUT2D eigenvalue weighted by Crippen LogP contribution is -2.26. The van der Waals surface area contributed by atoms with Crippen molar-refractivity contribution in [3.63, 3.8) is 0 Å². The van der Waals surface area contributed by atoms with Crippen molar-refractivity contribution in [3.05, 3.63) is 95.7 Å². The van der Waals surface area contributed by atoms with Gasteiger partial charge in [-0.05, 0) is 49.2 Å². The van der Waals surface area contributed by atoms with Crippen molar-refractivity contribution in [1.82, 2.24) is 14.5 Å². The summed E-state index contributed by atoms with van der Waals surface area (Å²) in [6.07, 6.45) is 4.39. The van der Waals surface area contributed by atoms with Crippen molar-refractivity contribution in [2.24, 2.45) is 5.73 Å². The molecule has 204 valence electrons. The Morgan fingerprint density at radius 3 is 2.28 bits per heavy atom. The molecule has 0 saturated carbocycles. The van der Waals surface area contributed by atoms with Crippen LogP contribution in [0.3, 0.4) is 0 Å². The molecular formula is C33H40N4O2. The molecule has 6 heteroatoms. The van der Waals surface area contributed by atoms with Crippen molar-refractivity contribution in [3.8, 4) is 28.4 Å². The molecule has 0 aliphatic carbocycles. The zero-order chi connectivity index (χ0) is 27.6. The molecule has 6 nitrogen and oxygen atoms in total. The number of methoxy groups -OCH3 is 1. The zero-order valence-electron chi connectivity index (χ0n) is 23.4. The van der Waals surface area contributed by atoms with Crippen molar-refractivity contribution in [2.45, 2.75) is 59.2 Å². The minimum absolute atomic E-state index is 0.401. The van der Waals surface area contributed by atoms with Crippen LogP contribution in [0, 0.1) is 0 Å². The third kappa shape index (κ3) is 7.15. The molecule has 0 radical (unpaired) electrons. The maximum absolute atomic E-state index is 11.6. The summed E-state index contributed by atoms with van der Waals surface area (Å²) in [7, 11) is 1.70. The smallest absolute Gasteiger partial charge is 0.248 e. The molecule has 0 unspecified atom stereocenters. The van der Waals surface area contributed by atoms with Gasteiger partial charge in [0.05, 0.1) is 18.5 Å². The van der Waals surface area contributed by atoms with Crippen LogP contribution in [0.15, 0.2) is 78.9 Å². The first kappa shape index (κ1) is 28.1. The maximum Gasteiger partial charge on any atom is 0.248 e. The summed E-state index contributed by atoms with van der Waals surface area (Å²) < 4.78 is 7.96. The van der Waals surface area contributed by atoms with Crippen molar-refractivity contribution in [2.75, 3.05) is 13.7 Å². The van der Waals surface area contributed by atoms with Gasteiger partial charge in [0.2, 0.25) is 5.91 Å². The topological polar surface area (TPSA) is 73.4 Å². The minimum atomic E-state index is -0.401. The minimum Gasteiger partial charge on any atom is -0.497 e. The van der Waals surface area contributed by atoms with E-state index in [-0.39, 0.29) is 0 Å². The Bertz CT molecular complexity index is 1350. The molecule has 39 heavy (non-hydrogen) atoms. The lowest BCUT2D eigenvalue weighted by atomic mass is 10.1.